The van der Waals surface area contributed by atoms with E-state index < -0.39 is 0 Å². The van der Waals surface area contributed by atoms with E-state index in [1.807, 2.05) is 73.7 Å². The number of para-hydroxylation sites is 2. The molecule has 0 aromatic heterocycles. The highest BCUT2D eigenvalue weighted by Gasteiger charge is 2.28. The van der Waals surface area contributed by atoms with Crippen LogP contribution < -0.4 is 14.5 Å². The largest absolute Gasteiger partial charge is 0.489 e. The molecule has 0 saturated carbocycles. The molecule has 0 spiro atoms. The summed E-state index contributed by atoms with van der Waals surface area (Å²) in [5.74, 6) is 1.07. The number of nitrogens with zero attached hydrogens (tertiary/aromatic N) is 2. The first-order valence-electron chi connectivity index (χ1n) is 9.99. The first-order valence-corrected chi connectivity index (χ1v) is 11.2. The molecule has 0 unspecified atom stereocenters. The Morgan fingerprint density at radius 2 is 1.66 bits per heavy atom. The Morgan fingerprint density at radius 3 is 2.41 bits per heavy atom. The molecule has 5 nitrogen and oxygen atoms in total. The van der Waals surface area contributed by atoms with Crippen molar-refractivity contribution in [2.75, 3.05) is 18.2 Å². The van der Waals surface area contributed by atoms with Crippen LogP contribution in [0.4, 0.5) is 5.69 Å². The first kappa shape index (κ1) is 22.1. The molecule has 0 bridgehead atoms. The van der Waals surface area contributed by atoms with Gasteiger partial charge in [-0.2, -0.15) is 10.1 Å². The van der Waals surface area contributed by atoms with Crippen LogP contribution in [0.1, 0.15) is 12.5 Å². The molecule has 0 radical (unpaired) electrons. The van der Waals surface area contributed by atoms with Crippen LogP contribution in [0, 0.1) is 0 Å². The normalized spacial score (nSPS) is 14.6. The van der Waals surface area contributed by atoms with E-state index in [4.69, 9.17) is 21.1 Å². The molecule has 0 fully saturated rings. The summed E-state index contributed by atoms with van der Waals surface area (Å²) < 4.78 is 12.5. The van der Waals surface area contributed by atoms with Crippen LogP contribution in [-0.2, 0) is 4.79 Å². The highest BCUT2D eigenvalue weighted by atomic mass is 79.9. The monoisotopic (exact) mass is 510 g/mol. The van der Waals surface area contributed by atoms with Crippen LogP contribution in [0.3, 0.4) is 0 Å². The first-order chi connectivity index (χ1) is 15.5. The van der Waals surface area contributed by atoms with Crippen molar-refractivity contribution < 1.29 is 14.3 Å². The van der Waals surface area contributed by atoms with Gasteiger partial charge in [0.2, 0.25) is 0 Å². The standard InChI is InChI=1S/C25H20BrClN2O3/c1-17-21(25(30)29(28-17)20-7-3-2-4-8-20)16-18-15-19(26)11-12-23(18)31-13-14-32-24-10-6-5-9-22(24)27/h2-12,15-16H,13-14H2,1H3/b21-16+. The predicted molar refractivity (Wildman–Crippen MR) is 132 cm³/mol. The van der Waals surface area contributed by atoms with Gasteiger partial charge in [0.1, 0.15) is 24.7 Å². The van der Waals surface area contributed by atoms with E-state index in [0.717, 1.165) is 15.7 Å². The number of carbonyl (C=O) groups excluding carboxylic acids is 1. The summed E-state index contributed by atoms with van der Waals surface area (Å²) in [6, 6.07) is 22.3. The third-order valence-corrected chi connectivity index (χ3v) is 5.58. The summed E-state index contributed by atoms with van der Waals surface area (Å²) in [7, 11) is 0. The van der Waals surface area contributed by atoms with Gasteiger partial charge in [-0.1, -0.05) is 57.9 Å². The Hall–Kier alpha value is -3.09. The summed E-state index contributed by atoms with van der Waals surface area (Å²) in [6.07, 6.45) is 1.80. The summed E-state index contributed by atoms with van der Waals surface area (Å²) in [5, 5.41) is 6.40. The van der Waals surface area contributed by atoms with Crippen molar-refractivity contribution in [1.82, 2.24) is 0 Å². The second-order valence-electron chi connectivity index (χ2n) is 7.01. The number of anilines is 1. The van der Waals surface area contributed by atoms with Gasteiger partial charge in [0.25, 0.3) is 5.91 Å². The molecule has 32 heavy (non-hydrogen) atoms. The summed E-state index contributed by atoms with van der Waals surface area (Å²) in [6.45, 7) is 2.47. The van der Waals surface area contributed by atoms with Gasteiger partial charge < -0.3 is 9.47 Å². The van der Waals surface area contributed by atoms with Crippen molar-refractivity contribution in [2.45, 2.75) is 6.92 Å². The highest BCUT2D eigenvalue weighted by Crippen LogP contribution is 2.30. The molecule has 1 aliphatic heterocycles. The summed E-state index contributed by atoms with van der Waals surface area (Å²) in [4.78, 5) is 13.0. The van der Waals surface area contributed by atoms with E-state index in [1.54, 1.807) is 12.1 Å². The molecular formula is C25H20BrClN2O3. The van der Waals surface area contributed by atoms with Gasteiger partial charge in [-0.05, 0) is 55.5 Å². The van der Waals surface area contributed by atoms with E-state index >= 15 is 0 Å². The van der Waals surface area contributed by atoms with Gasteiger partial charge >= 0.3 is 0 Å². The van der Waals surface area contributed by atoms with Gasteiger partial charge in [0.15, 0.2) is 0 Å². The van der Waals surface area contributed by atoms with Crippen molar-refractivity contribution in [3.05, 3.63) is 93.4 Å². The zero-order valence-corrected chi connectivity index (χ0v) is 19.6. The number of hydrazone groups is 1. The second-order valence-corrected chi connectivity index (χ2v) is 8.33. The van der Waals surface area contributed by atoms with Crippen LogP contribution in [0.5, 0.6) is 11.5 Å². The number of ether oxygens (including phenoxy) is 2. The lowest BCUT2D eigenvalue weighted by Crippen LogP contribution is -2.21. The molecule has 1 amide bonds. The SMILES string of the molecule is CC1=NN(c2ccccc2)C(=O)/C1=C/c1cc(Br)ccc1OCCOc1ccccc1Cl. The molecule has 7 heteroatoms. The van der Waals surface area contributed by atoms with E-state index in [-0.39, 0.29) is 5.91 Å². The maximum absolute atomic E-state index is 13.0. The Balaban J connectivity index is 1.50. The molecule has 1 aliphatic rings. The average molecular weight is 512 g/mol. The third kappa shape index (κ3) is 5.03. The Bertz CT molecular complexity index is 1190. The van der Waals surface area contributed by atoms with E-state index in [0.29, 0.717) is 41.0 Å². The van der Waals surface area contributed by atoms with Crippen LogP contribution in [0.15, 0.2) is 87.9 Å². The van der Waals surface area contributed by atoms with Crippen molar-refractivity contribution in [3.8, 4) is 11.5 Å². The minimum absolute atomic E-state index is 0.179. The number of amides is 1. The zero-order chi connectivity index (χ0) is 22.5. The maximum Gasteiger partial charge on any atom is 0.280 e. The maximum atomic E-state index is 13.0. The van der Waals surface area contributed by atoms with Gasteiger partial charge in [-0.15, -0.1) is 0 Å². The van der Waals surface area contributed by atoms with Crippen molar-refractivity contribution in [3.63, 3.8) is 0 Å². The average Bonchev–Trinajstić information content (AvgIpc) is 3.08. The summed E-state index contributed by atoms with van der Waals surface area (Å²) >= 11 is 9.61. The van der Waals surface area contributed by atoms with Crippen LogP contribution in [0.2, 0.25) is 5.02 Å². The number of carbonyl (C=O) groups is 1. The fourth-order valence-corrected chi connectivity index (χ4v) is 3.78. The highest BCUT2D eigenvalue weighted by molar-refractivity contribution is 9.10. The molecule has 0 atom stereocenters. The van der Waals surface area contributed by atoms with Crippen molar-refractivity contribution in [1.29, 1.82) is 0 Å². The van der Waals surface area contributed by atoms with Crippen molar-refractivity contribution in [2.24, 2.45) is 5.10 Å². The number of hydrogen-bond acceptors (Lipinski definition) is 4. The molecule has 1 heterocycles. The number of benzene rings is 3. The Morgan fingerprint density at radius 1 is 0.969 bits per heavy atom. The third-order valence-electron chi connectivity index (χ3n) is 4.77. The zero-order valence-electron chi connectivity index (χ0n) is 17.3. The fraction of sp³-hybridized carbons (Fsp3) is 0.120. The molecule has 0 N–H and O–H groups in total. The van der Waals surface area contributed by atoms with Crippen molar-refractivity contribution >= 4 is 50.9 Å². The topological polar surface area (TPSA) is 51.1 Å². The Labute approximate surface area is 200 Å². The molecule has 0 saturated heterocycles. The summed E-state index contributed by atoms with van der Waals surface area (Å²) in [5.41, 5.74) is 2.66. The minimum atomic E-state index is -0.179. The number of hydrogen-bond donors (Lipinski definition) is 0. The smallest absolute Gasteiger partial charge is 0.280 e. The Kier molecular flexibility index (Phi) is 6.93. The lowest BCUT2D eigenvalue weighted by atomic mass is 10.1. The van der Waals surface area contributed by atoms with Crippen LogP contribution >= 0.6 is 27.5 Å². The second kappa shape index (κ2) is 10.0. The van der Waals surface area contributed by atoms with E-state index in [2.05, 4.69) is 21.0 Å². The van der Waals surface area contributed by atoms with Gasteiger partial charge in [-0.3, -0.25) is 4.79 Å². The van der Waals surface area contributed by atoms with Gasteiger partial charge in [0, 0.05) is 10.0 Å². The van der Waals surface area contributed by atoms with E-state index in [1.165, 1.54) is 5.01 Å². The molecule has 3 aromatic rings. The molecule has 4 rings (SSSR count). The molecule has 0 aliphatic carbocycles. The van der Waals surface area contributed by atoms with Crippen LogP contribution in [0.25, 0.3) is 6.08 Å². The lowest BCUT2D eigenvalue weighted by molar-refractivity contribution is -0.114. The van der Waals surface area contributed by atoms with Gasteiger partial charge in [0.05, 0.1) is 22.0 Å². The molecular weight excluding hydrogens is 492 g/mol. The van der Waals surface area contributed by atoms with E-state index in [9.17, 15) is 4.79 Å². The number of halogens is 2. The van der Waals surface area contributed by atoms with Gasteiger partial charge in [-0.25, -0.2) is 0 Å². The quantitative estimate of drug-likeness (QED) is 0.274. The fourth-order valence-electron chi connectivity index (χ4n) is 3.21. The predicted octanol–water partition coefficient (Wildman–Crippen LogP) is 6.37. The number of rotatable bonds is 7. The van der Waals surface area contributed by atoms with Crippen LogP contribution in [-0.4, -0.2) is 24.8 Å². The minimum Gasteiger partial charge on any atom is -0.489 e. The molecule has 3 aromatic carbocycles. The lowest BCUT2D eigenvalue weighted by Gasteiger charge is -2.13. The molecule has 162 valence electrons.